The number of benzene rings is 2. The molecule has 1 atom stereocenters. The van der Waals surface area contributed by atoms with Crippen molar-refractivity contribution < 1.29 is 19.7 Å². The molecule has 27 heavy (non-hydrogen) atoms. The van der Waals surface area contributed by atoms with Crippen LogP contribution in [0, 0.1) is 0 Å². The van der Waals surface area contributed by atoms with Crippen molar-refractivity contribution in [2.24, 2.45) is 0 Å². The Morgan fingerprint density at radius 2 is 1.74 bits per heavy atom. The van der Waals surface area contributed by atoms with Gasteiger partial charge in [0.25, 0.3) is 0 Å². The summed E-state index contributed by atoms with van der Waals surface area (Å²) in [6.07, 6.45) is 1.89. The van der Waals surface area contributed by atoms with E-state index in [2.05, 4.69) is 10.6 Å². The Hall–Kier alpha value is -2.57. The molecule has 2 aromatic rings. The summed E-state index contributed by atoms with van der Waals surface area (Å²) in [5, 5.41) is 25.5. The van der Waals surface area contributed by atoms with Crippen molar-refractivity contribution in [1.29, 1.82) is 0 Å². The number of nitrogens with one attached hydrogen (secondary N) is 2. The van der Waals surface area contributed by atoms with Crippen LogP contribution in [0.2, 0.25) is 0 Å². The summed E-state index contributed by atoms with van der Waals surface area (Å²) in [5.41, 5.74) is 0.671. The highest BCUT2D eigenvalue weighted by Crippen LogP contribution is 2.24. The first kappa shape index (κ1) is 19.2. The maximum absolute atomic E-state index is 12.0. The van der Waals surface area contributed by atoms with Gasteiger partial charge in [-0.25, -0.2) is 4.79 Å². The number of urea groups is 1. The van der Waals surface area contributed by atoms with Crippen molar-refractivity contribution in [3.63, 3.8) is 0 Å². The Morgan fingerprint density at radius 1 is 1.04 bits per heavy atom. The van der Waals surface area contributed by atoms with Crippen LogP contribution in [0.5, 0.6) is 11.5 Å². The fraction of sp³-hybridized carbons (Fsp3) is 0.381. The van der Waals surface area contributed by atoms with Crippen LogP contribution in [-0.4, -0.2) is 34.9 Å². The molecule has 0 aliphatic heterocycles. The molecule has 2 aromatic carbocycles. The van der Waals surface area contributed by atoms with Crippen LogP contribution < -0.4 is 15.4 Å². The van der Waals surface area contributed by atoms with Crippen LogP contribution in [-0.2, 0) is 0 Å². The van der Waals surface area contributed by atoms with Crippen molar-refractivity contribution in [3.8, 4) is 11.5 Å². The normalized spacial score (nSPS) is 20.5. The minimum Gasteiger partial charge on any atom is -0.457 e. The van der Waals surface area contributed by atoms with Crippen molar-refractivity contribution in [2.45, 2.75) is 43.9 Å². The minimum absolute atomic E-state index is 0.0770. The molecule has 1 aliphatic rings. The van der Waals surface area contributed by atoms with E-state index in [1.54, 1.807) is 12.1 Å². The van der Waals surface area contributed by atoms with E-state index in [-0.39, 0.29) is 24.7 Å². The third-order valence-electron chi connectivity index (χ3n) is 4.71. The molecule has 1 unspecified atom stereocenters. The van der Waals surface area contributed by atoms with Gasteiger partial charge in [0.1, 0.15) is 11.5 Å². The Kier molecular flexibility index (Phi) is 6.68. The van der Waals surface area contributed by atoms with Crippen molar-refractivity contribution in [1.82, 2.24) is 10.6 Å². The maximum Gasteiger partial charge on any atom is 0.315 e. The van der Waals surface area contributed by atoms with Crippen LogP contribution in [0.1, 0.15) is 37.4 Å². The van der Waals surface area contributed by atoms with Gasteiger partial charge in [0.05, 0.1) is 12.2 Å². The molecular formula is C21H26N2O4. The molecule has 1 fully saturated rings. The van der Waals surface area contributed by atoms with Crippen molar-refractivity contribution >= 4 is 6.03 Å². The number of carbonyl (C=O) groups excluding carboxylic acids is 1. The molecule has 0 saturated heterocycles. The second-order valence-electron chi connectivity index (χ2n) is 6.86. The monoisotopic (exact) mass is 370 g/mol. The third kappa shape index (κ3) is 5.98. The average Bonchev–Trinajstić information content (AvgIpc) is 2.69. The largest absolute Gasteiger partial charge is 0.457 e. The molecule has 6 heteroatoms. The molecule has 3 rings (SSSR count). The van der Waals surface area contributed by atoms with E-state index < -0.39 is 6.10 Å². The molecule has 1 aliphatic carbocycles. The van der Waals surface area contributed by atoms with Crippen LogP contribution in [0.4, 0.5) is 4.79 Å². The summed E-state index contributed by atoms with van der Waals surface area (Å²) in [4.78, 5) is 12.0. The number of ether oxygens (including phenoxy) is 1. The minimum atomic E-state index is -0.830. The van der Waals surface area contributed by atoms with Crippen molar-refractivity contribution in [3.05, 3.63) is 60.2 Å². The van der Waals surface area contributed by atoms with E-state index in [1.807, 2.05) is 42.5 Å². The molecule has 2 amide bonds. The van der Waals surface area contributed by atoms with Gasteiger partial charge in [-0.1, -0.05) is 30.3 Å². The zero-order valence-corrected chi connectivity index (χ0v) is 15.2. The molecule has 0 bridgehead atoms. The first-order valence-electron chi connectivity index (χ1n) is 9.33. The third-order valence-corrected chi connectivity index (χ3v) is 4.71. The van der Waals surface area contributed by atoms with Gasteiger partial charge in [0.2, 0.25) is 0 Å². The Balaban J connectivity index is 1.48. The number of para-hydroxylation sites is 1. The fourth-order valence-corrected chi connectivity index (χ4v) is 3.17. The number of aliphatic hydroxyl groups is 2. The highest BCUT2D eigenvalue weighted by Gasteiger charge is 2.21. The van der Waals surface area contributed by atoms with E-state index >= 15 is 0 Å². The highest BCUT2D eigenvalue weighted by atomic mass is 16.5. The van der Waals surface area contributed by atoms with Gasteiger partial charge in [0, 0.05) is 12.6 Å². The summed E-state index contributed by atoms with van der Waals surface area (Å²) < 4.78 is 5.77. The van der Waals surface area contributed by atoms with Gasteiger partial charge < -0.3 is 25.6 Å². The fourth-order valence-electron chi connectivity index (χ4n) is 3.17. The molecule has 6 nitrogen and oxygen atoms in total. The smallest absolute Gasteiger partial charge is 0.315 e. The molecule has 0 aromatic heterocycles. The average molecular weight is 370 g/mol. The molecule has 0 spiro atoms. The molecule has 144 valence electrons. The predicted molar refractivity (Wildman–Crippen MR) is 103 cm³/mol. The zero-order valence-electron chi connectivity index (χ0n) is 15.2. The zero-order chi connectivity index (χ0) is 19.1. The summed E-state index contributed by atoms with van der Waals surface area (Å²) in [7, 11) is 0. The second kappa shape index (κ2) is 9.39. The lowest BCUT2D eigenvalue weighted by molar-refractivity contribution is 0.117. The standard InChI is InChI=1S/C21H26N2O4/c24-17-11-9-16(10-12-17)23-21(26)22-14-20(25)15-5-4-8-19(13-15)27-18-6-2-1-3-7-18/h1-8,13,16-17,20,24-25H,9-12,14H2,(H2,22,23,26). The number of rotatable bonds is 6. The maximum atomic E-state index is 12.0. The summed E-state index contributed by atoms with van der Waals surface area (Å²) >= 11 is 0. The first-order chi connectivity index (χ1) is 13.1. The van der Waals surface area contributed by atoms with E-state index in [9.17, 15) is 15.0 Å². The Morgan fingerprint density at radius 3 is 2.48 bits per heavy atom. The van der Waals surface area contributed by atoms with Crippen LogP contribution in [0.15, 0.2) is 54.6 Å². The topological polar surface area (TPSA) is 90.8 Å². The molecule has 0 heterocycles. The SMILES string of the molecule is O=C(NCC(O)c1cccc(Oc2ccccc2)c1)NC1CCC(O)CC1. The van der Waals surface area contributed by atoms with Crippen LogP contribution in [0.3, 0.4) is 0 Å². The van der Waals surface area contributed by atoms with E-state index in [0.717, 1.165) is 18.6 Å². The van der Waals surface area contributed by atoms with Gasteiger partial charge in [0.15, 0.2) is 0 Å². The van der Waals surface area contributed by atoms with Crippen LogP contribution >= 0.6 is 0 Å². The number of hydrogen-bond donors (Lipinski definition) is 4. The Labute approximate surface area is 159 Å². The Bertz CT molecular complexity index is 730. The number of hydrogen-bond acceptors (Lipinski definition) is 4. The lowest BCUT2D eigenvalue weighted by Crippen LogP contribution is -2.45. The highest BCUT2D eigenvalue weighted by molar-refractivity contribution is 5.74. The van der Waals surface area contributed by atoms with Gasteiger partial charge in [-0.15, -0.1) is 0 Å². The molecular weight excluding hydrogens is 344 g/mol. The number of carbonyl (C=O) groups is 1. The lowest BCUT2D eigenvalue weighted by Gasteiger charge is -2.26. The predicted octanol–water partition coefficient (Wildman–Crippen LogP) is 3.12. The van der Waals surface area contributed by atoms with Gasteiger partial charge in [-0.2, -0.15) is 0 Å². The van der Waals surface area contributed by atoms with Crippen molar-refractivity contribution in [2.75, 3.05) is 6.54 Å². The summed E-state index contributed by atoms with van der Waals surface area (Å²) in [5.74, 6) is 1.35. The molecule has 4 N–H and O–H groups in total. The van der Waals surface area contributed by atoms with Crippen LogP contribution in [0.25, 0.3) is 0 Å². The second-order valence-corrected chi connectivity index (χ2v) is 6.86. The molecule has 0 radical (unpaired) electrons. The van der Waals surface area contributed by atoms with Gasteiger partial charge in [-0.05, 0) is 55.5 Å². The first-order valence-corrected chi connectivity index (χ1v) is 9.33. The molecule has 1 saturated carbocycles. The quantitative estimate of drug-likeness (QED) is 0.629. The van der Waals surface area contributed by atoms with E-state index in [1.165, 1.54) is 0 Å². The summed E-state index contributed by atoms with van der Waals surface area (Å²) in [6.45, 7) is 0.107. The lowest BCUT2D eigenvalue weighted by atomic mass is 9.93. The number of aliphatic hydroxyl groups excluding tert-OH is 2. The summed E-state index contributed by atoms with van der Waals surface area (Å²) in [6, 6.07) is 16.4. The van der Waals surface area contributed by atoms with E-state index in [4.69, 9.17) is 4.74 Å². The number of amides is 2. The van der Waals surface area contributed by atoms with Gasteiger partial charge in [-0.3, -0.25) is 0 Å². The van der Waals surface area contributed by atoms with E-state index in [0.29, 0.717) is 24.2 Å². The van der Waals surface area contributed by atoms with Gasteiger partial charge >= 0.3 is 6.03 Å².